The number of benzene rings is 2. The van der Waals surface area contributed by atoms with Crippen LogP contribution in [0.2, 0.25) is 0 Å². The average molecular weight is 480 g/mol. The number of rotatable bonds is 7. The van der Waals surface area contributed by atoms with Crippen LogP contribution < -0.4 is 10.2 Å². The first kappa shape index (κ1) is 24.0. The lowest BCUT2D eigenvalue weighted by Crippen LogP contribution is -2.54. The predicted octanol–water partition coefficient (Wildman–Crippen LogP) is 0.247. The van der Waals surface area contributed by atoms with Gasteiger partial charge < -0.3 is 30.1 Å². The fourth-order valence-electron chi connectivity index (χ4n) is 4.11. The number of fused-ring (bicyclic) bond motifs is 1. The van der Waals surface area contributed by atoms with Crippen molar-refractivity contribution in [1.29, 1.82) is 5.41 Å². The van der Waals surface area contributed by atoms with Crippen molar-refractivity contribution in [3.8, 4) is 0 Å². The molecule has 11 heteroatoms. The molecule has 0 saturated carbocycles. The molecule has 2 heterocycles. The molecule has 2 aromatic carbocycles. The zero-order valence-electron chi connectivity index (χ0n) is 18.9. The molecular formula is C24H24N4O7. The summed E-state index contributed by atoms with van der Waals surface area (Å²) in [7, 11) is 1.36. The molecule has 182 valence electrons. The van der Waals surface area contributed by atoms with Crippen molar-refractivity contribution in [3.05, 3.63) is 64.7 Å². The van der Waals surface area contributed by atoms with Crippen molar-refractivity contribution in [3.63, 3.8) is 0 Å². The van der Waals surface area contributed by atoms with Crippen LogP contribution in [-0.4, -0.2) is 83.5 Å². The van der Waals surface area contributed by atoms with Gasteiger partial charge in [-0.3, -0.25) is 24.6 Å². The second-order valence-corrected chi connectivity index (χ2v) is 8.30. The Labute approximate surface area is 200 Å². The van der Waals surface area contributed by atoms with Gasteiger partial charge in [0.1, 0.15) is 12.4 Å². The molecule has 2 aliphatic heterocycles. The Morgan fingerprint density at radius 2 is 2.00 bits per heavy atom. The van der Waals surface area contributed by atoms with E-state index in [2.05, 4.69) is 5.32 Å². The normalized spacial score (nSPS) is 18.0. The van der Waals surface area contributed by atoms with Gasteiger partial charge in [-0.05, 0) is 29.8 Å². The maximum absolute atomic E-state index is 13.2. The Hall–Kier alpha value is -4.09. The largest absolute Gasteiger partial charge is 0.480 e. The number of nitrogens with one attached hydrogen (secondary N) is 2. The van der Waals surface area contributed by atoms with Gasteiger partial charge in [-0.15, -0.1) is 0 Å². The number of carbonyl (C=O) groups is 4. The Morgan fingerprint density at radius 3 is 2.74 bits per heavy atom. The fraction of sp³-hybridized carbons (Fsp3) is 0.292. The van der Waals surface area contributed by atoms with E-state index in [1.165, 1.54) is 30.1 Å². The van der Waals surface area contributed by atoms with Gasteiger partial charge in [0.2, 0.25) is 0 Å². The average Bonchev–Trinajstić information content (AvgIpc) is 3.22. The van der Waals surface area contributed by atoms with E-state index in [4.69, 9.17) is 15.3 Å². The number of aliphatic carboxylic acids is 1. The van der Waals surface area contributed by atoms with E-state index in [0.717, 1.165) is 10.5 Å². The number of amides is 2. The van der Waals surface area contributed by atoms with Gasteiger partial charge in [0.15, 0.2) is 18.0 Å². The number of carboxylic acids is 1. The summed E-state index contributed by atoms with van der Waals surface area (Å²) in [5.74, 6) is -2.73. The number of aliphatic hydroxyl groups excluding tert-OH is 1. The summed E-state index contributed by atoms with van der Waals surface area (Å²) in [6.45, 7) is 0.124. The molecule has 2 atom stereocenters. The maximum Gasteiger partial charge on any atom is 0.323 e. The van der Waals surface area contributed by atoms with Crippen molar-refractivity contribution in [2.75, 3.05) is 31.6 Å². The number of likely N-dealkylation sites (N-methyl/N-ethyl adjacent to an activating group) is 1. The number of ether oxygens (including phenoxy) is 1. The highest BCUT2D eigenvalue weighted by molar-refractivity contribution is 6.08. The SMILES string of the molecule is CN(CC(=O)O)C(=O)c1cccc(N2CCO[C@H]([C@@H](O)C(=O)c3ccc4c(c3)CNC4=N)C2=O)c1. The van der Waals surface area contributed by atoms with Crippen molar-refractivity contribution in [1.82, 2.24) is 10.2 Å². The smallest absolute Gasteiger partial charge is 0.323 e. The van der Waals surface area contributed by atoms with Crippen LogP contribution in [-0.2, 0) is 20.9 Å². The van der Waals surface area contributed by atoms with Crippen LogP contribution >= 0.6 is 0 Å². The number of ketones is 1. The number of amidine groups is 1. The molecule has 0 spiro atoms. The number of morpholine rings is 1. The zero-order valence-corrected chi connectivity index (χ0v) is 18.9. The summed E-state index contributed by atoms with van der Waals surface area (Å²) in [6, 6.07) is 10.8. The summed E-state index contributed by atoms with van der Waals surface area (Å²) in [5.41, 5.74) is 2.18. The van der Waals surface area contributed by atoms with Crippen LogP contribution in [0.25, 0.3) is 0 Å². The summed E-state index contributed by atoms with van der Waals surface area (Å²) in [5, 5.41) is 30.3. The fourth-order valence-corrected chi connectivity index (χ4v) is 4.11. The molecule has 4 N–H and O–H groups in total. The first-order valence-corrected chi connectivity index (χ1v) is 10.9. The summed E-state index contributed by atoms with van der Waals surface area (Å²) in [4.78, 5) is 51.9. The maximum atomic E-state index is 13.2. The Morgan fingerprint density at radius 1 is 1.23 bits per heavy atom. The van der Waals surface area contributed by atoms with Crippen LogP contribution in [0.5, 0.6) is 0 Å². The highest BCUT2D eigenvalue weighted by Crippen LogP contribution is 2.24. The van der Waals surface area contributed by atoms with Crippen molar-refractivity contribution in [2.45, 2.75) is 18.8 Å². The Balaban J connectivity index is 1.52. The first-order chi connectivity index (χ1) is 16.7. The van der Waals surface area contributed by atoms with Gasteiger partial charge >= 0.3 is 5.97 Å². The first-order valence-electron chi connectivity index (χ1n) is 10.9. The minimum atomic E-state index is -1.75. The zero-order chi connectivity index (χ0) is 25.3. The predicted molar refractivity (Wildman–Crippen MR) is 124 cm³/mol. The minimum Gasteiger partial charge on any atom is -0.480 e. The molecule has 2 aromatic rings. The lowest BCUT2D eigenvalue weighted by Gasteiger charge is -2.34. The molecule has 2 aliphatic rings. The molecule has 35 heavy (non-hydrogen) atoms. The number of hydrogen-bond acceptors (Lipinski definition) is 7. The van der Waals surface area contributed by atoms with E-state index in [1.807, 2.05) is 0 Å². The van der Waals surface area contributed by atoms with Crippen molar-refractivity contribution >= 4 is 35.1 Å². The van der Waals surface area contributed by atoms with Gasteiger partial charge in [0.25, 0.3) is 11.8 Å². The van der Waals surface area contributed by atoms with E-state index in [1.54, 1.807) is 24.3 Å². The number of carboxylic acid groups (broad SMARTS) is 1. The number of carbonyl (C=O) groups excluding carboxylic acids is 3. The van der Waals surface area contributed by atoms with Crippen molar-refractivity contribution < 1.29 is 34.1 Å². The minimum absolute atomic E-state index is 0.0586. The van der Waals surface area contributed by atoms with Gasteiger partial charge in [0, 0.05) is 42.5 Å². The molecule has 2 amide bonds. The molecule has 1 saturated heterocycles. The number of aliphatic hydroxyl groups is 1. The van der Waals surface area contributed by atoms with Crippen LogP contribution in [0.1, 0.15) is 31.8 Å². The van der Waals surface area contributed by atoms with Gasteiger partial charge in [-0.2, -0.15) is 0 Å². The lowest BCUT2D eigenvalue weighted by atomic mass is 9.97. The van der Waals surface area contributed by atoms with Gasteiger partial charge in [-0.25, -0.2) is 0 Å². The molecule has 1 fully saturated rings. The second kappa shape index (κ2) is 9.65. The molecule has 4 rings (SSSR count). The summed E-state index contributed by atoms with van der Waals surface area (Å²) >= 11 is 0. The molecule has 0 radical (unpaired) electrons. The number of nitrogens with zero attached hydrogens (tertiary/aromatic N) is 2. The molecular weight excluding hydrogens is 456 g/mol. The van der Waals surface area contributed by atoms with Gasteiger partial charge in [-0.1, -0.05) is 18.2 Å². The third kappa shape index (κ3) is 4.77. The molecule has 0 aliphatic carbocycles. The topological polar surface area (TPSA) is 160 Å². The quantitative estimate of drug-likeness (QED) is 0.410. The van der Waals surface area contributed by atoms with Gasteiger partial charge in [0.05, 0.1) is 6.61 Å². The molecule has 11 nitrogen and oxygen atoms in total. The standard InChI is InChI=1S/C24H24N4O7/c1-27(12-18(29)30)23(33)14-3-2-4-16(10-14)28-7-8-35-21(24(28)34)20(32)19(31)13-5-6-17-15(9-13)11-26-22(17)25/h2-6,9-10,20-21,32H,7-8,11-12H2,1H3,(H2,25,26)(H,29,30)/t20-,21+/m0/s1. The van der Waals surface area contributed by atoms with E-state index < -0.39 is 42.3 Å². The third-order valence-corrected chi connectivity index (χ3v) is 5.92. The summed E-state index contributed by atoms with van der Waals surface area (Å²) in [6.07, 6.45) is -3.18. The highest BCUT2D eigenvalue weighted by atomic mass is 16.5. The third-order valence-electron chi connectivity index (χ3n) is 5.92. The van der Waals surface area contributed by atoms with Crippen LogP contribution in [0, 0.1) is 5.41 Å². The molecule has 0 aromatic heterocycles. The van der Waals surface area contributed by atoms with Crippen LogP contribution in [0.4, 0.5) is 5.69 Å². The van der Waals surface area contributed by atoms with E-state index in [9.17, 15) is 24.3 Å². The van der Waals surface area contributed by atoms with E-state index in [0.29, 0.717) is 17.8 Å². The number of anilines is 1. The summed E-state index contributed by atoms with van der Waals surface area (Å²) < 4.78 is 5.47. The lowest BCUT2D eigenvalue weighted by molar-refractivity contribution is -0.140. The highest BCUT2D eigenvalue weighted by Gasteiger charge is 2.40. The Kier molecular flexibility index (Phi) is 6.63. The Bertz CT molecular complexity index is 1230. The van der Waals surface area contributed by atoms with Crippen LogP contribution in [0.15, 0.2) is 42.5 Å². The monoisotopic (exact) mass is 480 g/mol. The molecule has 0 unspecified atom stereocenters. The second-order valence-electron chi connectivity index (χ2n) is 8.30. The van der Waals surface area contributed by atoms with E-state index >= 15 is 0 Å². The van der Waals surface area contributed by atoms with E-state index in [-0.39, 0.29) is 30.1 Å². The molecule has 0 bridgehead atoms. The number of Topliss-reactive ketones (excluding diaryl/α,β-unsaturated/α-hetero) is 1. The van der Waals surface area contributed by atoms with Crippen molar-refractivity contribution in [2.24, 2.45) is 0 Å². The number of hydrogen-bond donors (Lipinski definition) is 4. The van der Waals surface area contributed by atoms with Crippen LogP contribution in [0.3, 0.4) is 0 Å².